The maximum atomic E-state index is 13.8. The molecule has 1 atom stereocenters. The number of nitrogens with zero attached hydrogens (tertiary/aromatic N) is 6. The van der Waals surface area contributed by atoms with Crippen molar-refractivity contribution in [2.75, 3.05) is 38.1 Å². The van der Waals surface area contributed by atoms with E-state index in [9.17, 15) is 13.2 Å². The fourth-order valence-electron chi connectivity index (χ4n) is 5.41. The summed E-state index contributed by atoms with van der Waals surface area (Å²) in [6.45, 7) is 2.41. The van der Waals surface area contributed by atoms with Crippen LogP contribution in [0.1, 0.15) is 18.4 Å². The van der Waals surface area contributed by atoms with Crippen molar-refractivity contribution in [1.82, 2.24) is 23.5 Å². The summed E-state index contributed by atoms with van der Waals surface area (Å²) in [5, 5.41) is 3.19. The average Bonchev–Trinajstić information content (AvgIpc) is 3.80. The van der Waals surface area contributed by atoms with Gasteiger partial charge in [-0.25, -0.2) is 22.4 Å². The highest BCUT2D eigenvalue weighted by Gasteiger charge is 2.32. The number of fused-ring (bicyclic) bond motifs is 1. The van der Waals surface area contributed by atoms with Crippen molar-refractivity contribution in [3.05, 3.63) is 66.7 Å². The first-order chi connectivity index (χ1) is 21.6. The van der Waals surface area contributed by atoms with Gasteiger partial charge in [0.25, 0.3) is 10.0 Å². The fourth-order valence-corrected chi connectivity index (χ4v) is 6.76. The van der Waals surface area contributed by atoms with Crippen LogP contribution in [0.2, 0.25) is 0 Å². The van der Waals surface area contributed by atoms with Crippen LogP contribution in [-0.4, -0.2) is 71.7 Å². The van der Waals surface area contributed by atoms with Gasteiger partial charge in [-0.1, -0.05) is 17.7 Å². The maximum absolute atomic E-state index is 13.8. The Morgan fingerprint density at radius 1 is 1.02 bits per heavy atom. The minimum absolute atomic E-state index is 0.112. The monoisotopic (exact) mass is 632 g/mol. The number of hydrogen-bond donors (Lipinski definition) is 2. The van der Waals surface area contributed by atoms with Gasteiger partial charge in [-0.05, 0) is 38.0 Å². The van der Waals surface area contributed by atoms with Gasteiger partial charge in [0.2, 0.25) is 17.6 Å². The number of aryl methyl sites for hydroxylation is 1. The summed E-state index contributed by atoms with van der Waals surface area (Å²) in [5.41, 5.74) is 7.86. The Labute approximate surface area is 259 Å². The van der Waals surface area contributed by atoms with Crippen molar-refractivity contribution in [2.24, 2.45) is 5.73 Å². The van der Waals surface area contributed by atoms with Crippen molar-refractivity contribution in [3.8, 4) is 22.9 Å². The van der Waals surface area contributed by atoms with Gasteiger partial charge in [0, 0.05) is 24.9 Å². The first-order valence-corrected chi connectivity index (χ1v) is 15.5. The van der Waals surface area contributed by atoms with E-state index in [-0.39, 0.29) is 22.2 Å². The molecular formula is C30H32N8O6S. The zero-order chi connectivity index (χ0) is 31.9. The molecule has 0 spiro atoms. The molecule has 3 aromatic heterocycles. The summed E-state index contributed by atoms with van der Waals surface area (Å²) in [4.78, 5) is 27.9. The van der Waals surface area contributed by atoms with Crippen molar-refractivity contribution >= 4 is 44.5 Å². The predicted octanol–water partition coefficient (Wildman–Crippen LogP) is 3.39. The van der Waals surface area contributed by atoms with Crippen LogP contribution in [-0.2, 0) is 14.8 Å². The minimum Gasteiger partial charge on any atom is -0.493 e. The van der Waals surface area contributed by atoms with E-state index in [1.807, 2.05) is 6.92 Å². The average molecular weight is 633 g/mol. The number of aromatic nitrogens is 5. The number of rotatable bonds is 10. The second kappa shape index (κ2) is 11.6. The second-order valence-electron chi connectivity index (χ2n) is 10.5. The lowest BCUT2D eigenvalue weighted by molar-refractivity contribution is -0.119. The van der Waals surface area contributed by atoms with Crippen LogP contribution in [0.5, 0.6) is 17.2 Å². The second-order valence-corrected chi connectivity index (χ2v) is 12.3. The smallest absolute Gasteiger partial charge is 0.268 e. The quantitative estimate of drug-likeness (QED) is 0.231. The highest BCUT2D eigenvalue weighted by Crippen LogP contribution is 2.39. The molecule has 0 radical (unpaired) electrons. The third kappa shape index (κ3) is 5.35. The number of carbonyl (C=O) groups is 1. The molecule has 3 N–H and O–H groups in total. The number of benzene rings is 2. The van der Waals surface area contributed by atoms with Crippen molar-refractivity contribution in [1.29, 1.82) is 0 Å². The number of carbonyl (C=O) groups excluding carboxylic acids is 1. The molecule has 45 heavy (non-hydrogen) atoms. The Kier molecular flexibility index (Phi) is 7.70. The fraction of sp³-hybridized carbons (Fsp3) is 0.267. The lowest BCUT2D eigenvalue weighted by Gasteiger charge is -2.23. The number of methoxy groups -OCH3 is 3. The summed E-state index contributed by atoms with van der Waals surface area (Å²) in [6, 6.07) is 11.1. The third-order valence-electron chi connectivity index (χ3n) is 7.68. The molecule has 1 aliphatic heterocycles. The Balaban J connectivity index is 1.46. The molecule has 1 saturated heterocycles. The largest absolute Gasteiger partial charge is 0.493 e. The summed E-state index contributed by atoms with van der Waals surface area (Å²) < 4.78 is 46.9. The van der Waals surface area contributed by atoms with E-state index in [0.717, 1.165) is 16.0 Å². The minimum atomic E-state index is -4.03. The molecule has 6 rings (SSSR count). The first-order valence-electron chi connectivity index (χ1n) is 14.0. The zero-order valence-electron chi connectivity index (χ0n) is 25.1. The van der Waals surface area contributed by atoms with Crippen LogP contribution in [0.25, 0.3) is 16.7 Å². The van der Waals surface area contributed by atoms with Crippen LogP contribution in [0, 0.1) is 6.92 Å². The lowest BCUT2D eigenvalue weighted by Crippen LogP contribution is -2.41. The van der Waals surface area contributed by atoms with E-state index in [4.69, 9.17) is 24.9 Å². The highest BCUT2D eigenvalue weighted by molar-refractivity contribution is 7.90. The Morgan fingerprint density at radius 2 is 1.73 bits per heavy atom. The molecule has 5 aromatic rings. The van der Waals surface area contributed by atoms with E-state index >= 15 is 0 Å². The van der Waals surface area contributed by atoms with E-state index in [1.165, 1.54) is 27.5 Å². The number of anilines is 3. The van der Waals surface area contributed by atoms with Gasteiger partial charge >= 0.3 is 0 Å². The number of imidazole rings is 1. The Hall–Kier alpha value is -5.31. The van der Waals surface area contributed by atoms with Gasteiger partial charge in [-0.2, -0.15) is 4.98 Å². The SMILES string of the molecule is COc1cc(-n2cnc(Nc3nc(N4CCCC4C(N)=O)nc4ccn(S(=O)(=O)c5ccc(C)cc5)c34)c2)cc(OC)c1OC. The van der Waals surface area contributed by atoms with Crippen molar-refractivity contribution < 1.29 is 27.4 Å². The summed E-state index contributed by atoms with van der Waals surface area (Å²) >= 11 is 0. The predicted molar refractivity (Wildman–Crippen MR) is 167 cm³/mol. The Bertz CT molecular complexity index is 1980. The first kappa shape index (κ1) is 29.7. The normalized spacial score (nSPS) is 14.9. The van der Waals surface area contributed by atoms with Gasteiger partial charge in [0.05, 0.1) is 43.6 Å². The molecule has 4 heterocycles. The standard InChI is InChI=1S/C30H32N8O6S/c1-18-7-9-20(10-8-18)45(40,41)38-13-11-21-26(38)29(35-30(33-21)37-12-5-6-22(37)28(31)39)34-25-16-36(17-32-25)19-14-23(42-2)27(44-4)24(15-19)43-3/h7-11,13-17,22H,5-6,12H2,1-4H3,(H2,31,39)(H,33,34,35). The lowest BCUT2D eigenvalue weighted by atomic mass is 10.2. The molecule has 2 aromatic carbocycles. The summed E-state index contributed by atoms with van der Waals surface area (Å²) in [5.74, 6) is 1.70. The molecular weight excluding hydrogens is 600 g/mol. The van der Waals surface area contributed by atoms with Crippen LogP contribution in [0.3, 0.4) is 0 Å². The molecule has 0 aliphatic carbocycles. The van der Waals surface area contributed by atoms with Gasteiger partial charge in [-0.15, -0.1) is 0 Å². The molecule has 1 fully saturated rings. The third-order valence-corrected chi connectivity index (χ3v) is 9.37. The Morgan fingerprint density at radius 3 is 2.38 bits per heavy atom. The van der Waals surface area contributed by atoms with Crippen LogP contribution >= 0.6 is 0 Å². The highest BCUT2D eigenvalue weighted by atomic mass is 32.2. The number of primary amides is 1. The topological polar surface area (TPSA) is 169 Å². The molecule has 15 heteroatoms. The summed E-state index contributed by atoms with van der Waals surface area (Å²) in [6.07, 6.45) is 6.03. The molecule has 14 nitrogen and oxygen atoms in total. The van der Waals surface area contributed by atoms with Crippen molar-refractivity contribution in [2.45, 2.75) is 30.7 Å². The van der Waals surface area contributed by atoms with E-state index in [1.54, 1.807) is 64.5 Å². The van der Waals surface area contributed by atoms with E-state index < -0.39 is 22.0 Å². The zero-order valence-corrected chi connectivity index (χ0v) is 25.9. The number of nitrogens with two attached hydrogens (primary N) is 1. The van der Waals surface area contributed by atoms with Gasteiger partial charge in [0.1, 0.15) is 23.7 Å². The van der Waals surface area contributed by atoms with Crippen LogP contribution < -0.4 is 30.2 Å². The van der Waals surface area contributed by atoms with Gasteiger partial charge in [0.15, 0.2) is 17.3 Å². The molecule has 1 unspecified atom stereocenters. The van der Waals surface area contributed by atoms with E-state index in [0.29, 0.717) is 47.2 Å². The summed E-state index contributed by atoms with van der Waals surface area (Å²) in [7, 11) is 0.562. The van der Waals surface area contributed by atoms with Crippen molar-refractivity contribution in [3.63, 3.8) is 0 Å². The number of amides is 1. The number of nitrogens with one attached hydrogen (secondary N) is 1. The molecule has 0 bridgehead atoms. The molecule has 1 amide bonds. The number of ether oxygens (including phenoxy) is 3. The van der Waals surface area contributed by atoms with Gasteiger partial charge < -0.3 is 34.7 Å². The van der Waals surface area contributed by atoms with E-state index in [2.05, 4.69) is 15.3 Å². The van der Waals surface area contributed by atoms with Crippen LogP contribution in [0.15, 0.2) is 66.1 Å². The molecule has 0 saturated carbocycles. The molecule has 234 valence electrons. The number of hydrogen-bond acceptors (Lipinski definition) is 11. The maximum Gasteiger partial charge on any atom is 0.268 e. The molecule has 1 aliphatic rings. The van der Waals surface area contributed by atoms with Crippen LogP contribution in [0.4, 0.5) is 17.6 Å². The van der Waals surface area contributed by atoms with Gasteiger partial charge in [-0.3, -0.25) is 4.79 Å².